The number of pyridine rings is 1. The van der Waals surface area contributed by atoms with Gasteiger partial charge in [0, 0.05) is 61.7 Å². The third-order valence-corrected chi connectivity index (χ3v) is 5.48. The van der Waals surface area contributed by atoms with E-state index in [9.17, 15) is 0 Å². The van der Waals surface area contributed by atoms with Crippen molar-refractivity contribution < 1.29 is 4.74 Å². The molecule has 0 aromatic carbocycles. The number of aryl methyl sites for hydroxylation is 2. The monoisotopic (exact) mass is 432 g/mol. The molecule has 0 bridgehead atoms. The fraction of sp³-hybridized carbons (Fsp3) is 0.526. The first-order chi connectivity index (χ1) is 13.1. The molecule has 144 valence electrons. The van der Waals surface area contributed by atoms with Gasteiger partial charge >= 0.3 is 0 Å². The summed E-state index contributed by atoms with van der Waals surface area (Å²) in [5.41, 5.74) is 2.20. The van der Waals surface area contributed by atoms with E-state index in [1.54, 1.807) is 0 Å². The fourth-order valence-electron chi connectivity index (χ4n) is 3.62. The van der Waals surface area contributed by atoms with Gasteiger partial charge in [-0.3, -0.25) is 0 Å². The highest BCUT2D eigenvalue weighted by atomic mass is 79.9. The van der Waals surface area contributed by atoms with Gasteiger partial charge in [-0.25, -0.2) is 9.97 Å². The fourth-order valence-corrected chi connectivity index (χ4v) is 4.06. The van der Waals surface area contributed by atoms with E-state index in [0.29, 0.717) is 0 Å². The largest absolute Gasteiger partial charge is 0.378 e. The summed E-state index contributed by atoms with van der Waals surface area (Å²) in [6, 6.07) is 4.19. The van der Waals surface area contributed by atoms with E-state index in [1.165, 1.54) is 5.56 Å². The first-order valence-electron chi connectivity index (χ1n) is 9.40. The van der Waals surface area contributed by atoms with Gasteiger partial charge in [-0.2, -0.15) is 4.98 Å². The summed E-state index contributed by atoms with van der Waals surface area (Å²) in [5, 5.41) is 0. The summed E-state index contributed by atoms with van der Waals surface area (Å²) in [4.78, 5) is 21.1. The number of ether oxygens (including phenoxy) is 1. The van der Waals surface area contributed by atoms with E-state index in [2.05, 4.69) is 54.7 Å². The number of hydrogen-bond acceptors (Lipinski definition) is 7. The van der Waals surface area contributed by atoms with Gasteiger partial charge in [0.15, 0.2) is 0 Å². The molecule has 0 aliphatic carbocycles. The zero-order valence-corrected chi connectivity index (χ0v) is 17.4. The predicted octanol–water partition coefficient (Wildman–Crippen LogP) is 2.41. The Balaban J connectivity index is 1.47. The Labute approximate surface area is 168 Å². The molecule has 0 spiro atoms. The van der Waals surface area contributed by atoms with E-state index >= 15 is 0 Å². The van der Waals surface area contributed by atoms with Crippen molar-refractivity contribution in [1.82, 2.24) is 15.0 Å². The highest BCUT2D eigenvalue weighted by molar-refractivity contribution is 9.10. The number of rotatable bonds is 3. The van der Waals surface area contributed by atoms with Crippen LogP contribution in [-0.2, 0) is 4.74 Å². The molecule has 0 atom stereocenters. The number of nitrogens with zero attached hydrogens (tertiary/aromatic N) is 6. The van der Waals surface area contributed by atoms with Crippen molar-refractivity contribution in [3.05, 3.63) is 34.1 Å². The van der Waals surface area contributed by atoms with E-state index in [0.717, 1.165) is 80.2 Å². The number of piperazine rings is 1. The maximum atomic E-state index is 5.46. The molecule has 4 heterocycles. The zero-order valence-electron chi connectivity index (χ0n) is 15.9. The lowest BCUT2D eigenvalue weighted by Crippen LogP contribution is -2.47. The van der Waals surface area contributed by atoms with Gasteiger partial charge in [-0.15, -0.1) is 0 Å². The average molecular weight is 433 g/mol. The van der Waals surface area contributed by atoms with E-state index < -0.39 is 0 Å². The molecule has 0 unspecified atom stereocenters. The van der Waals surface area contributed by atoms with Gasteiger partial charge in [0.25, 0.3) is 0 Å². The number of halogens is 1. The molecule has 0 amide bonds. The van der Waals surface area contributed by atoms with Crippen LogP contribution in [0.3, 0.4) is 0 Å². The molecule has 4 rings (SSSR count). The average Bonchev–Trinajstić information content (AvgIpc) is 2.68. The number of anilines is 3. The molecule has 0 saturated carbocycles. The molecular formula is C19H25BrN6O. The second-order valence-corrected chi connectivity index (χ2v) is 7.95. The minimum atomic E-state index is 0.761. The van der Waals surface area contributed by atoms with Crippen LogP contribution in [0.25, 0.3) is 0 Å². The Bertz CT molecular complexity index is 803. The van der Waals surface area contributed by atoms with Crippen molar-refractivity contribution in [3.8, 4) is 0 Å². The van der Waals surface area contributed by atoms with Crippen LogP contribution in [0.1, 0.15) is 11.3 Å². The van der Waals surface area contributed by atoms with Crippen molar-refractivity contribution in [2.45, 2.75) is 13.8 Å². The van der Waals surface area contributed by atoms with E-state index in [-0.39, 0.29) is 0 Å². The van der Waals surface area contributed by atoms with Crippen LogP contribution in [0.2, 0.25) is 0 Å². The highest BCUT2D eigenvalue weighted by Gasteiger charge is 2.23. The predicted molar refractivity (Wildman–Crippen MR) is 111 cm³/mol. The zero-order chi connectivity index (χ0) is 18.8. The quantitative estimate of drug-likeness (QED) is 0.737. The first-order valence-corrected chi connectivity index (χ1v) is 10.2. The van der Waals surface area contributed by atoms with E-state index in [1.807, 2.05) is 13.1 Å². The van der Waals surface area contributed by atoms with Crippen LogP contribution in [0.4, 0.5) is 17.6 Å². The third-order valence-electron chi connectivity index (χ3n) is 5.04. The summed E-state index contributed by atoms with van der Waals surface area (Å²) in [6.45, 7) is 11.1. The molecule has 2 saturated heterocycles. The summed E-state index contributed by atoms with van der Waals surface area (Å²) < 4.78 is 6.48. The SMILES string of the molecule is Cc1cc(N2CCOCC2)nc(N2CCN(c3ncc(Br)cc3C)CC2)n1. The summed E-state index contributed by atoms with van der Waals surface area (Å²) in [5.74, 6) is 2.90. The van der Waals surface area contributed by atoms with Crippen LogP contribution in [0.5, 0.6) is 0 Å². The molecule has 2 fully saturated rings. The lowest BCUT2D eigenvalue weighted by atomic mass is 10.2. The molecule has 8 heteroatoms. The lowest BCUT2D eigenvalue weighted by Gasteiger charge is -2.36. The van der Waals surface area contributed by atoms with Crippen molar-refractivity contribution >= 4 is 33.5 Å². The molecular weight excluding hydrogens is 408 g/mol. The van der Waals surface area contributed by atoms with Crippen LogP contribution >= 0.6 is 15.9 Å². The Morgan fingerprint density at radius 1 is 0.889 bits per heavy atom. The smallest absolute Gasteiger partial charge is 0.227 e. The Morgan fingerprint density at radius 3 is 2.30 bits per heavy atom. The van der Waals surface area contributed by atoms with Gasteiger partial charge in [0.2, 0.25) is 5.95 Å². The van der Waals surface area contributed by atoms with Gasteiger partial charge in [-0.05, 0) is 41.4 Å². The van der Waals surface area contributed by atoms with Gasteiger partial charge in [-0.1, -0.05) is 0 Å². The maximum absolute atomic E-state index is 5.46. The van der Waals surface area contributed by atoms with Crippen molar-refractivity contribution in [2.75, 3.05) is 67.2 Å². The lowest BCUT2D eigenvalue weighted by molar-refractivity contribution is 0.122. The minimum absolute atomic E-state index is 0.761. The summed E-state index contributed by atoms with van der Waals surface area (Å²) >= 11 is 3.49. The summed E-state index contributed by atoms with van der Waals surface area (Å²) in [6.07, 6.45) is 1.87. The number of morpholine rings is 1. The topological polar surface area (TPSA) is 57.6 Å². The van der Waals surface area contributed by atoms with Gasteiger partial charge in [0.05, 0.1) is 13.2 Å². The maximum Gasteiger partial charge on any atom is 0.227 e. The molecule has 2 aromatic rings. The van der Waals surface area contributed by atoms with Gasteiger partial charge in [0.1, 0.15) is 11.6 Å². The second-order valence-electron chi connectivity index (χ2n) is 7.04. The number of hydrogen-bond donors (Lipinski definition) is 0. The summed E-state index contributed by atoms with van der Waals surface area (Å²) in [7, 11) is 0. The van der Waals surface area contributed by atoms with Crippen molar-refractivity contribution in [1.29, 1.82) is 0 Å². The van der Waals surface area contributed by atoms with Crippen LogP contribution in [-0.4, -0.2) is 67.4 Å². The number of aromatic nitrogens is 3. The second kappa shape index (κ2) is 7.98. The standard InChI is InChI=1S/C19H25BrN6O/c1-14-11-16(20)13-21-18(14)25-3-5-26(6-4-25)19-22-15(2)12-17(23-19)24-7-9-27-10-8-24/h11-13H,3-10H2,1-2H3. The molecule has 2 aliphatic heterocycles. The highest BCUT2D eigenvalue weighted by Crippen LogP contribution is 2.24. The van der Waals surface area contributed by atoms with E-state index in [4.69, 9.17) is 14.7 Å². The Kier molecular flexibility index (Phi) is 5.45. The Hall–Kier alpha value is -1.93. The molecule has 27 heavy (non-hydrogen) atoms. The van der Waals surface area contributed by atoms with Crippen molar-refractivity contribution in [3.63, 3.8) is 0 Å². The molecule has 0 radical (unpaired) electrons. The van der Waals surface area contributed by atoms with Crippen LogP contribution in [0.15, 0.2) is 22.8 Å². The molecule has 0 N–H and O–H groups in total. The van der Waals surface area contributed by atoms with Crippen LogP contribution in [0, 0.1) is 13.8 Å². The molecule has 2 aliphatic rings. The normalized spacial score (nSPS) is 18.1. The van der Waals surface area contributed by atoms with Gasteiger partial charge < -0.3 is 19.4 Å². The Morgan fingerprint density at radius 2 is 1.59 bits per heavy atom. The van der Waals surface area contributed by atoms with Crippen molar-refractivity contribution in [2.24, 2.45) is 0 Å². The molecule has 7 nitrogen and oxygen atoms in total. The molecule has 2 aromatic heterocycles. The third kappa shape index (κ3) is 4.16. The minimum Gasteiger partial charge on any atom is -0.378 e. The first kappa shape index (κ1) is 18.4. The van der Waals surface area contributed by atoms with Crippen LogP contribution < -0.4 is 14.7 Å².